The zero-order valence-corrected chi connectivity index (χ0v) is 46.0. The van der Waals surface area contributed by atoms with Crippen LogP contribution in [0.2, 0.25) is 0 Å². The number of hydrogen-bond donors (Lipinski definition) is 0. The summed E-state index contributed by atoms with van der Waals surface area (Å²) in [5.74, 6) is 0. The normalized spacial score (nSPS) is 16.8. The van der Waals surface area contributed by atoms with Crippen LogP contribution >= 0.6 is 11.3 Å². The molecule has 0 saturated carbocycles. The van der Waals surface area contributed by atoms with Gasteiger partial charge in [-0.05, 0) is 168 Å². The number of para-hydroxylation sites is 1. The fraction of sp³-hybridized carbons (Fsp3) is 0.275. The van der Waals surface area contributed by atoms with E-state index in [0.29, 0.717) is 0 Å². The van der Waals surface area contributed by atoms with E-state index in [9.17, 15) is 0 Å². The van der Waals surface area contributed by atoms with Gasteiger partial charge in [-0.3, -0.25) is 0 Å². The SMILES string of the molecule is CC(C)(C)c1ccc(N2B3c4sc5ccc(-c6ccccc6)cc5c4N(c4ccc(C(C)(C)C)cc4)c4c3c(cc3c4oc4ccccc43)-c3cc4c(cc32)C(C)(C)c2cc3c(cc2-4)C(C)(C)CCC3(C)C)cc1. The third-order valence-electron chi connectivity index (χ3n) is 18.0. The molecule has 2 aliphatic carbocycles. The molecule has 0 bridgehead atoms. The lowest BCUT2D eigenvalue weighted by Crippen LogP contribution is -2.60. The first-order chi connectivity index (χ1) is 35.2. The van der Waals surface area contributed by atoms with E-state index in [4.69, 9.17) is 4.42 Å². The van der Waals surface area contributed by atoms with Gasteiger partial charge in [0.2, 0.25) is 0 Å². The maximum Gasteiger partial charge on any atom is 0.343 e. The van der Waals surface area contributed by atoms with Crippen molar-refractivity contribution in [3.8, 4) is 33.4 Å². The molecule has 74 heavy (non-hydrogen) atoms. The minimum absolute atomic E-state index is 0.000286. The van der Waals surface area contributed by atoms with Gasteiger partial charge in [0.15, 0.2) is 5.58 Å². The molecule has 5 heteroatoms. The van der Waals surface area contributed by atoms with Crippen molar-refractivity contribution >= 4 is 88.9 Å². The van der Waals surface area contributed by atoms with Gasteiger partial charge in [-0.2, -0.15) is 0 Å². The van der Waals surface area contributed by atoms with Gasteiger partial charge in [-0.15, -0.1) is 11.3 Å². The monoisotopic (exact) mass is 980 g/mol. The van der Waals surface area contributed by atoms with Crippen molar-refractivity contribution in [2.75, 3.05) is 9.71 Å². The standard InChI is InChI=1S/C69H65BN2OS/c1-65(2,3)42-23-27-44(28-24-42)71-61-52-34-41(40-18-14-13-15-19-40)22-31-59(52)74-64(61)70-60-50(36-51-46-20-16-17-21-58(46)73-63(51)62(60)71)49-35-47-48-37-55-56(68(9,10)33-32-67(55,7)8)38-53(48)69(11,12)54(47)39-57(49)72(70)45-29-25-43(26-30-45)66(4,5)6/h13-31,34-39H,32-33H2,1-12H3. The topological polar surface area (TPSA) is 19.6 Å². The van der Waals surface area contributed by atoms with Crippen molar-refractivity contribution in [3.05, 3.63) is 185 Å². The van der Waals surface area contributed by atoms with Crippen molar-refractivity contribution in [3.63, 3.8) is 0 Å². The summed E-state index contributed by atoms with van der Waals surface area (Å²) in [7, 11) is 0. The molecule has 0 atom stereocenters. The molecular weight excluding hydrogens is 916 g/mol. The van der Waals surface area contributed by atoms with E-state index in [1.807, 2.05) is 11.3 Å². The van der Waals surface area contributed by atoms with Crippen LogP contribution in [-0.2, 0) is 27.1 Å². The van der Waals surface area contributed by atoms with Crippen LogP contribution < -0.4 is 20.0 Å². The molecule has 0 fully saturated rings. The lowest BCUT2D eigenvalue weighted by atomic mass is 9.46. The number of nitrogens with zero attached hydrogens (tertiary/aromatic N) is 2. The number of hydrogen-bond acceptors (Lipinski definition) is 4. The van der Waals surface area contributed by atoms with Crippen molar-refractivity contribution in [1.29, 1.82) is 0 Å². The third kappa shape index (κ3) is 6.44. The van der Waals surface area contributed by atoms with Crippen molar-refractivity contribution in [2.24, 2.45) is 0 Å². The molecule has 14 rings (SSSR count). The Morgan fingerprint density at radius 1 is 0.500 bits per heavy atom. The highest BCUT2D eigenvalue weighted by molar-refractivity contribution is 7.32. The molecule has 2 aromatic heterocycles. The lowest BCUT2D eigenvalue weighted by Gasteiger charge is -2.45. The van der Waals surface area contributed by atoms with E-state index in [1.54, 1.807) is 0 Å². The Morgan fingerprint density at radius 3 is 1.78 bits per heavy atom. The second kappa shape index (κ2) is 15.2. The predicted molar refractivity (Wildman–Crippen MR) is 319 cm³/mol. The van der Waals surface area contributed by atoms with Crippen LogP contribution in [0, 0.1) is 0 Å². The largest absolute Gasteiger partial charge is 0.454 e. The van der Waals surface area contributed by atoms with Crippen LogP contribution in [0.5, 0.6) is 0 Å². The summed E-state index contributed by atoms with van der Waals surface area (Å²) in [6, 6.07) is 58.6. The van der Waals surface area contributed by atoms with E-state index in [1.165, 1.54) is 117 Å². The number of rotatable bonds is 3. The van der Waals surface area contributed by atoms with Gasteiger partial charge in [0.1, 0.15) is 5.58 Å². The number of fused-ring (bicyclic) bond motifs is 14. The van der Waals surface area contributed by atoms with Gasteiger partial charge >= 0.3 is 6.85 Å². The zero-order chi connectivity index (χ0) is 51.2. The number of anilines is 5. The summed E-state index contributed by atoms with van der Waals surface area (Å²) in [6.45, 7) is 28.5. The smallest absolute Gasteiger partial charge is 0.343 e. The molecule has 0 spiro atoms. The summed E-state index contributed by atoms with van der Waals surface area (Å²) in [5, 5.41) is 3.53. The molecule has 10 aromatic rings. The average Bonchev–Trinajstić information content (AvgIpc) is 4.02. The van der Waals surface area contributed by atoms with E-state index < -0.39 is 0 Å². The van der Waals surface area contributed by atoms with Crippen molar-refractivity contribution in [2.45, 2.75) is 123 Å². The number of benzene rings is 8. The molecule has 2 aliphatic heterocycles. The predicted octanol–water partition coefficient (Wildman–Crippen LogP) is 18.4. The molecular formula is C69H65BN2OS. The third-order valence-corrected chi connectivity index (χ3v) is 19.2. The Kier molecular flexibility index (Phi) is 9.38. The van der Waals surface area contributed by atoms with Crippen molar-refractivity contribution < 1.29 is 4.42 Å². The van der Waals surface area contributed by atoms with Gasteiger partial charge in [-0.1, -0.05) is 168 Å². The fourth-order valence-electron chi connectivity index (χ4n) is 13.6. The van der Waals surface area contributed by atoms with E-state index in [2.05, 4.69) is 244 Å². The molecule has 0 saturated heterocycles. The minimum Gasteiger partial charge on any atom is -0.454 e. The van der Waals surface area contributed by atoms with Gasteiger partial charge in [0, 0.05) is 53.7 Å². The maximum atomic E-state index is 7.31. The first kappa shape index (κ1) is 45.8. The lowest BCUT2D eigenvalue weighted by molar-refractivity contribution is 0.331. The van der Waals surface area contributed by atoms with E-state index in [0.717, 1.165) is 33.3 Å². The molecule has 0 unspecified atom stereocenters. The fourth-order valence-corrected chi connectivity index (χ4v) is 14.8. The number of thiophene rings is 1. The Labute approximate surface area is 442 Å². The van der Waals surface area contributed by atoms with Crippen LogP contribution in [0.4, 0.5) is 28.4 Å². The van der Waals surface area contributed by atoms with E-state index >= 15 is 0 Å². The Bertz CT molecular complexity index is 4000. The van der Waals surface area contributed by atoms with Crippen LogP contribution in [0.1, 0.15) is 129 Å². The van der Waals surface area contributed by atoms with Gasteiger partial charge < -0.3 is 14.1 Å². The van der Waals surface area contributed by atoms with Crippen LogP contribution in [0.3, 0.4) is 0 Å². The molecule has 3 nitrogen and oxygen atoms in total. The van der Waals surface area contributed by atoms with Gasteiger partial charge in [0.05, 0.1) is 11.4 Å². The van der Waals surface area contributed by atoms with Crippen LogP contribution in [0.15, 0.2) is 156 Å². The zero-order valence-electron chi connectivity index (χ0n) is 45.1. The summed E-state index contributed by atoms with van der Waals surface area (Å²) < 4.78 is 9.92. The Hall–Kier alpha value is -6.82. The first-order valence-corrected chi connectivity index (χ1v) is 27.8. The molecule has 0 radical (unpaired) electrons. The highest BCUT2D eigenvalue weighted by Gasteiger charge is 2.50. The molecule has 0 amide bonds. The molecule has 4 aliphatic rings. The molecule has 4 heterocycles. The molecule has 0 N–H and O–H groups in total. The molecule has 8 aromatic carbocycles. The van der Waals surface area contributed by atoms with E-state index in [-0.39, 0.29) is 33.9 Å². The van der Waals surface area contributed by atoms with Gasteiger partial charge in [-0.25, -0.2) is 0 Å². The molecule has 366 valence electrons. The maximum absolute atomic E-state index is 7.31. The highest BCUT2D eigenvalue weighted by Crippen LogP contribution is 2.59. The van der Waals surface area contributed by atoms with Gasteiger partial charge in [0.25, 0.3) is 0 Å². The first-order valence-electron chi connectivity index (χ1n) is 27.0. The van der Waals surface area contributed by atoms with Crippen LogP contribution in [0.25, 0.3) is 65.4 Å². The average molecular weight is 981 g/mol. The highest BCUT2D eigenvalue weighted by atomic mass is 32.1. The second-order valence-electron chi connectivity index (χ2n) is 26.0. The Balaban J connectivity index is 1.13. The summed E-state index contributed by atoms with van der Waals surface area (Å²) >= 11 is 1.95. The van der Waals surface area contributed by atoms with Crippen molar-refractivity contribution in [1.82, 2.24) is 0 Å². The summed E-state index contributed by atoms with van der Waals surface area (Å²) in [4.78, 5) is 5.33. The summed E-state index contributed by atoms with van der Waals surface area (Å²) in [5.41, 5.74) is 25.3. The quantitative estimate of drug-likeness (QED) is 0.165. The number of furan rings is 1. The summed E-state index contributed by atoms with van der Waals surface area (Å²) in [6.07, 6.45) is 2.38. The minimum atomic E-state index is -0.219. The van der Waals surface area contributed by atoms with Crippen LogP contribution in [-0.4, -0.2) is 6.85 Å². The Morgan fingerprint density at radius 2 is 1.11 bits per heavy atom. The second-order valence-corrected chi connectivity index (χ2v) is 27.1.